The highest BCUT2D eigenvalue weighted by molar-refractivity contribution is 6.48. The van der Waals surface area contributed by atoms with Gasteiger partial charge in [-0.1, -0.05) is 27.7 Å². The fraction of sp³-hybridized carbons (Fsp3) is 0.950. The highest BCUT2D eigenvalue weighted by atomic mass is 28.3. The van der Waals surface area contributed by atoms with Gasteiger partial charge in [0, 0.05) is 25.6 Å². The largest absolute Gasteiger partial charge is 0.444 e. The average molecular weight is 385 g/mol. The molecule has 5 nitrogen and oxygen atoms in total. The molecule has 0 radical (unpaired) electrons. The fourth-order valence-corrected chi connectivity index (χ4v) is 5.38. The summed E-state index contributed by atoms with van der Waals surface area (Å²) in [5, 5.41) is 0. The Morgan fingerprint density at radius 1 is 1.12 bits per heavy atom. The molecule has 0 bridgehead atoms. The van der Waals surface area contributed by atoms with Crippen molar-refractivity contribution < 1.29 is 14.0 Å². The van der Waals surface area contributed by atoms with Gasteiger partial charge in [-0.25, -0.2) is 4.79 Å². The number of amides is 1. The summed E-state index contributed by atoms with van der Waals surface area (Å²) in [6.07, 6.45) is 0.706. The maximum absolute atomic E-state index is 13.2. The van der Waals surface area contributed by atoms with Crippen molar-refractivity contribution in [3.05, 3.63) is 0 Å². The van der Waals surface area contributed by atoms with E-state index in [9.17, 15) is 4.79 Å². The van der Waals surface area contributed by atoms with Crippen LogP contribution in [0.15, 0.2) is 0 Å². The summed E-state index contributed by atoms with van der Waals surface area (Å²) in [5.41, 5.74) is -0.850. The molecule has 0 aliphatic carbocycles. The van der Waals surface area contributed by atoms with Crippen LogP contribution in [0, 0.1) is 17.3 Å². The van der Waals surface area contributed by atoms with Crippen molar-refractivity contribution in [1.29, 1.82) is 0 Å². The second kappa shape index (κ2) is 7.44. The third kappa shape index (κ3) is 4.63. The summed E-state index contributed by atoms with van der Waals surface area (Å²) < 4.78 is 12.5. The average Bonchev–Trinajstić information content (AvgIpc) is 2.74. The third-order valence-electron chi connectivity index (χ3n) is 5.72. The van der Waals surface area contributed by atoms with Crippen molar-refractivity contribution in [1.82, 2.24) is 9.80 Å². The number of rotatable bonds is 4. The van der Waals surface area contributed by atoms with Crippen LogP contribution in [0.1, 0.15) is 54.9 Å². The smallest absolute Gasteiger partial charge is 0.412 e. The lowest BCUT2D eigenvalue weighted by Gasteiger charge is -2.52. The first-order valence-electron chi connectivity index (χ1n) is 10.2. The van der Waals surface area contributed by atoms with Crippen molar-refractivity contribution >= 4 is 15.1 Å². The number of hydrogen-bond acceptors (Lipinski definition) is 4. The molecule has 152 valence electrons. The molecule has 1 amide bonds. The molecule has 26 heavy (non-hydrogen) atoms. The molecule has 2 aliphatic heterocycles. The molecule has 2 heterocycles. The second-order valence-electron chi connectivity index (χ2n) is 10.4. The molecule has 2 saturated heterocycles. The summed E-state index contributed by atoms with van der Waals surface area (Å²) in [6.45, 7) is 23.0. The Balaban J connectivity index is 2.36. The molecular weight excluding hydrogens is 344 g/mol. The zero-order valence-corrected chi connectivity index (χ0v) is 19.5. The number of nitrogens with zero attached hydrogens (tertiary/aromatic N) is 2. The van der Waals surface area contributed by atoms with E-state index in [0.717, 1.165) is 32.6 Å². The Labute approximate surface area is 162 Å². The van der Waals surface area contributed by atoms with Gasteiger partial charge in [-0.3, -0.25) is 4.90 Å². The Hall–Kier alpha value is -0.593. The van der Waals surface area contributed by atoms with Crippen molar-refractivity contribution in [2.75, 3.05) is 26.2 Å². The van der Waals surface area contributed by atoms with Gasteiger partial charge >= 0.3 is 6.09 Å². The third-order valence-corrected chi connectivity index (χ3v) is 6.60. The monoisotopic (exact) mass is 384 g/mol. The van der Waals surface area contributed by atoms with Gasteiger partial charge in [0.25, 0.3) is 0 Å². The van der Waals surface area contributed by atoms with Crippen molar-refractivity contribution in [3.63, 3.8) is 0 Å². The first-order chi connectivity index (χ1) is 11.8. The molecule has 2 fully saturated rings. The Morgan fingerprint density at radius 3 is 2.12 bits per heavy atom. The zero-order valence-electron chi connectivity index (χ0n) is 18.4. The maximum atomic E-state index is 13.2. The van der Waals surface area contributed by atoms with Crippen LogP contribution in [0.4, 0.5) is 4.79 Å². The summed E-state index contributed by atoms with van der Waals surface area (Å²) in [7, 11) is -1.34. The van der Waals surface area contributed by atoms with E-state index in [1.54, 1.807) is 0 Å². The molecule has 2 aliphatic rings. The minimum absolute atomic E-state index is 0.137. The van der Waals surface area contributed by atoms with E-state index in [4.69, 9.17) is 9.16 Å². The van der Waals surface area contributed by atoms with Crippen LogP contribution in [0.5, 0.6) is 0 Å². The Bertz CT molecular complexity index is 506. The second-order valence-corrected chi connectivity index (χ2v) is 12.8. The lowest BCUT2D eigenvalue weighted by atomic mass is 9.76. The number of likely N-dealkylation sites (tertiary alicyclic amines) is 2. The number of carbonyl (C=O) groups is 1. The number of hydrogen-bond donors (Lipinski definition) is 0. The molecule has 0 aromatic heterocycles. The van der Waals surface area contributed by atoms with Gasteiger partial charge < -0.3 is 14.1 Å². The molecule has 0 aromatic rings. The molecule has 0 spiro atoms. The highest BCUT2D eigenvalue weighted by Gasteiger charge is 2.59. The van der Waals surface area contributed by atoms with E-state index in [-0.39, 0.29) is 11.5 Å². The highest BCUT2D eigenvalue weighted by Crippen LogP contribution is 2.49. The zero-order chi connectivity index (χ0) is 19.9. The number of carbonyl (C=O) groups excluding carboxylic acids is 1. The lowest BCUT2D eigenvalue weighted by Crippen LogP contribution is -2.65. The van der Waals surface area contributed by atoms with Crippen LogP contribution in [0.2, 0.25) is 13.1 Å². The first-order valence-corrected chi connectivity index (χ1v) is 13.0. The molecule has 0 N–H and O–H groups in total. The van der Waals surface area contributed by atoms with Crippen molar-refractivity contribution in [2.45, 2.75) is 79.3 Å². The quantitative estimate of drug-likeness (QED) is 0.689. The molecule has 0 aromatic carbocycles. The summed E-state index contributed by atoms with van der Waals surface area (Å²) in [5.74, 6) is 0.788. The molecule has 0 unspecified atom stereocenters. The van der Waals surface area contributed by atoms with E-state index in [1.807, 2.05) is 25.7 Å². The molecule has 6 heteroatoms. The van der Waals surface area contributed by atoms with E-state index in [0.29, 0.717) is 11.8 Å². The van der Waals surface area contributed by atoms with Gasteiger partial charge in [0.1, 0.15) is 11.3 Å². The van der Waals surface area contributed by atoms with Gasteiger partial charge in [0.05, 0.1) is 0 Å². The van der Waals surface area contributed by atoms with Gasteiger partial charge in [-0.2, -0.15) is 0 Å². The minimum Gasteiger partial charge on any atom is -0.444 e. The Kier molecular flexibility index (Phi) is 6.21. The van der Waals surface area contributed by atoms with Crippen LogP contribution >= 0.6 is 0 Å². The standard InChI is InChI=1S/C20H40N2O3Si/c1-10-21-12-16(13-21)20(25-26(8)9)11-15(18(2,3)4)14-22(20)17(23)24-19(5,6)7/h15-16,26H,10-14H2,1-9H3/t15-,20-/m0/s1. The van der Waals surface area contributed by atoms with Gasteiger partial charge in [-0.05, 0) is 58.2 Å². The van der Waals surface area contributed by atoms with E-state index in [1.165, 1.54) is 0 Å². The fourth-order valence-electron chi connectivity index (χ4n) is 4.15. The van der Waals surface area contributed by atoms with Crippen LogP contribution in [-0.4, -0.2) is 62.4 Å². The van der Waals surface area contributed by atoms with Crippen LogP contribution in [-0.2, 0) is 9.16 Å². The van der Waals surface area contributed by atoms with Crippen LogP contribution in [0.25, 0.3) is 0 Å². The normalized spacial score (nSPS) is 28.5. The summed E-state index contributed by atoms with van der Waals surface area (Å²) in [4.78, 5) is 17.5. The Morgan fingerprint density at radius 2 is 1.69 bits per heavy atom. The van der Waals surface area contributed by atoms with Crippen LogP contribution < -0.4 is 0 Å². The van der Waals surface area contributed by atoms with E-state index in [2.05, 4.69) is 45.7 Å². The summed E-state index contributed by atoms with van der Waals surface area (Å²) in [6, 6.07) is 0. The minimum atomic E-state index is -1.34. The molecule has 2 atom stereocenters. The summed E-state index contributed by atoms with van der Waals surface area (Å²) >= 11 is 0. The van der Waals surface area contributed by atoms with Gasteiger partial charge in [-0.15, -0.1) is 0 Å². The molecule has 0 saturated carbocycles. The number of ether oxygens (including phenoxy) is 1. The predicted molar refractivity (Wildman–Crippen MR) is 109 cm³/mol. The van der Waals surface area contributed by atoms with Crippen LogP contribution in [0.3, 0.4) is 0 Å². The lowest BCUT2D eigenvalue weighted by molar-refractivity contribution is -0.144. The topological polar surface area (TPSA) is 42.0 Å². The van der Waals surface area contributed by atoms with Gasteiger partial charge in [0.15, 0.2) is 9.04 Å². The molecule has 2 rings (SSSR count). The van der Waals surface area contributed by atoms with Crippen molar-refractivity contribution in [2.24, 2.45) is 17.3 Å². The first kappa shape index (κ1) is 21.7. The van der Waals surface area contributed by atoms with E-state index >= 15 is 0 Å². The maximum Gasteiger partial charge on any atom is 0.412 e. The SMILES string of the molecule is CCN1CC([C@@]2(O[SiH](C)C)C[C@H](C(C)(C)C)CN2C(=O)OC(C)(C)C)C1. The molecular formula is C20H40N2O3Si. The van der Waals surface area contributed by atoms with E-state index < -0.39 is 20.4 Å². The van der Waals surface area contributed by atoms with Crippen molar-refractivity contribution in [3.8, 4) is 0 Å². The predicted octanol–water partition coefficient (Wildman–Crippen LogP) is 3.94. The van der Waals surface area contributed by atoms with Gasteiger partial charge in [0.2, 0.25) is 0 Å².